The number of carbonyl (C=O) groups is 1. The summed E-state index contributed by atoms with van der Waals surface area (Å²) in [7, 11) is 0. The van der Waals surface area contributed by atoms with E-state index in [0.29, 0.717) is 5.82 Å². The predicted molar refractivity (Wildman–Crippen MR) is 97.6 cm³/mol. The third-order valence-electron chi connectivity index (χ3n) is 3.36. The average Bonchev–Trinajstić information content (AvgIpc) is 2.61. The van der Waals surface area contributed by atoms with Crippen LogP contribution in [0.5, 0.6) is 0 Å². The van der Waals surface area contributed by atoms with Crippen molar-refractivity contribution in [3.63, 3.8) is 0 Å². The van der Waals surface area contributed by atoms with Gasteiger partial charge in [-0.05, 0) is 35.4 Å². The molecule has 0 bridgehead atoms. The number of nitrogens with one attached hydrogen (secondary N) is 1. The van der Waals surface area contributed by atoms with Crippen molar-refractivity contribution in [3.8, 4) is 11.1 Å². The molecule has 1 N–H and O–H groups in total. The topological polar surface area (TPSA) is 51.2 Å². The lowest BCUT2D eigenvalue weighted by atomic mass is 10.1. The Balaban J connectivity index is 1.58. The Kier molecular flexibility index (Phi) is 5.23. The molecule has 2 aromatic carbocycles. The number of hydrogen-bond donors (Lipinski definition) is 1. The summed E-state index contributed by atoms with van der Waals surface area (Å²) in [6.07, 6.45) is 1.19. The highest BCUT2D eigenvalue weighted by Crippen LogP contribution is 2.23. The van der Waals surface area contributed by atoms with Gasteiger partial charge in [0.2, 0.25) is 0 Å². The first-order valence-electron chi connectivity index (χ1n) is 7.40. The number of rotatable bonds is 4. The van der Waals surface area contributed by atoms with E-state index in [1.807, 2.05) is 60.7 Å². The van der Waals surface area contributed by atoms with Crippen LogP contribution in [0.2, 0.25) is 0 Å². The largest absolute Gasteiger partial charge is 0.444 e. The van der Waals surface area contributed by atoms with Crippen LogP contribution in [0.15, 0.2) is 77.4 Å². The maximum atomic E-state index is 11.8. The Bertz CT molecular complexity index is 820. The van der Waals surface area contributed by atoms with Crippen molar-refractivity contribution >= 4 is 27.8 Å². The molecule has 0 aliphatic rings. The molecule has 5 heteroatoms. The molecule has 1 amide bonds. The second kappa shape index (κ2) is 7.75. The number of ether oxygens (including phenoxy) is 1. The highest BCUT2D eigenvalue weighted by molar-refractivity contribution is 9.10. The monoisotopic (exact) mass is 382 g/mol. The number of anilines is 1. The van der Waals surface area contributed by atoms with E-state index < -0.39 is 6.09 Å². The molecular formula is C19H15BrN2O2. The highest BCUT2D eigenvalue weighted by atomic mass is 79.9. The number of carbonyl (C=O) groups excluding carboxylic acids is 1. The summed E-state index contributed by atoms with van der Waals surface area (Å²) < 4.78 is 6.17. The molecule has 0 aliphatic carbocycles. The molecule has 0 radical (unpaired) electrons. The highest BCUT2D eigenvalue weighted by Gasteiger charge is 2.05. The van der Waals surface area contributed by atoms with Crippen molar-refractivity contribution in [2.75, 3.05) is 5.32 Å². The number of amides is 1. The van der Waals surface area contributed by atoms with Gasteiger partial charge in [-0.1, -0.05) is 58.4 Å². The van der Waals surface area contributed by atoms with Gasteiger partial charge in [0, 0.05) is 16.2 Å². The van der Waals surface area contributed by atoms with Gasteiger partial charge in [-0.25, -0.2) is 9.78 Å². The van der Waals surface area contributed by atoms with Gasteiger partial charge in [-0.2, -0.15) is 0 Å². The molecule has 3 rings (SSSR count). The molecule has 120 valence electrons. The second-order valence-corrected chi connectivity index (χ2v) is 6.04. The minimum absolute atomic E-state index is 0.225. The minimum atomic E-state index is -0.526. The van der Waals surface area contributed by atoms with Gasteiger partial charge >= 0.3 is 6.09 Å². The van der Waals surface area contributed by atoms with Gasteiger partial charge in [0.25, 0.3) is 0 Å². The first kappa shape index (κ1) is 16.2. The van der Waals surface area contributed by atoms with Crippen molar-refractivity contribution in [3.05, 3.63) is 83.0 Å². The fraction of sp³-hybridized carbons (Fsp3) is 0.0526. The van der Waals surface area contributed by atoms with Crippen LogP contribution in [0.3, 0.4) is 0 Å². The minimum Gasteiger partial charge on any atom is -0.444 e. The molecule has 1 aromatic heterocycles. The van der Waals surface area contributed by atoms with Gasteiger partial charge in [0.15, 0.2) is 0 Å². The van der Waals surface area contributed by atoms with E-state index in [1.54, 1.807) is 12.3 Å². The molecule has 0 aliphatic heterocycles. The summed E-state index contributed by atoms with van der Waals surface area (Å²) in [6.45, 7) is 0.225. The van der Waals surface area contributed by atoms with Gasteiger partial charge in [-0.3, -0.25) is 5.32 Å². The maximum absolute atomic E-state index is 11.8. The lowest BCUT2D eigenvalue weighted by Gasteiger charge is -2.07. The first-order chi connectivity index (χ1) is 11.7. The molecule has 3 aromatic rings. The summed E-state index contributed by atoms with van der Waals surface area (Å²) in [6, 6.07) is 21.1. The van der Waals surface area contributed by atoms with E-state index in [4.69, 9.17) is 4.74 Å². The predicted octanol–water partition coefficient (Wildman–Crippen LogP) is 5.26. The zero-order valence-corrected chi connectivity index (χ0v) is 14.4. The smallest absolute Gasteiger partial charge is 0.413 e. The molecule has 0 atom stereocenters. The molecule has 0 fully saturated rings. The summed E-state index contributed by atoms with van der Waals surface area (Å²) in [5.41, 5.74) is 2.96. The number of nitrogens with zero attached hydrogens (tertiary/aromatic N) is 1. The fourth-order valence-electron chi connectivity index (χ4n) is 2.17. The van der Waals surface area contributed by atoms with Crippen LogP contribution in [0.4, 0.5) is 10.6 Å². The fourth-order valence-corrected chi connectivity index (χ4v) is 2.57. The molecule has 0 saturated carbocycles. The van der Waals surface area contributed by atoms with E-state index in [-0.39, 0.29) is 6.61 Å². The summed E-state index contributed by atoms with van der Waals surface area (Å²) >= 11 is 3.45. The Morgan fingerprint density at radius 1 is 1.00 bits per heavy atom. The quantitative estimate of drug-likeness (QED) is 0.669. The number of hydrogen-bond acceptors (Lipinski definition) is 3. The normalized spacial score (nSPS) is 10.2. The van der Waals surface area contributed by atoms with Crippen LogP contribution in [0, 0.1) is 0 Å². The standard InChI is InChI=1S/C19H15BrN2O2/c20-17-8-4-7-15(11-17)16-9-10-18(21-12-16)22-19(23)24-13-14-5-2-1-3-6-14/h1-12H,13H2,(H,21,22,23). The summed E-state index contributed by atoms with van der Waals surface area (Å²) in [5.74, 6) is 0.451. The van der Waals surface area contributed by atoms with E-state index in [1.165, 1.54) is 0 Å². The van der Waals surface area contributed by atoms with Crippen molar-refractivity contribution < 1.29 is 9.53 Å². The van der Waals surface area contributed by atoms with Crippen LogP contribution >= 0.6 is 15.9 Å². The van der Waals surface area contributed by atoms with E-state index >= 15 is 0 Å². The van der Waals surface area contributed by atoms with Crippen molar-refractivity contribution in [1.29, 1.82) is 0 Å². The van der Waals surface area contributed by atoms with Gasteiger partial charge in [0.05, 0.1) is 0 Å². The Labute approximate surface area is 148 Å². The molecule has 0 saturated heterocycles. The summed E-state index contributed by atoms with van der Waals surface area (Å²) in [5, 5.41) is 2.62. The van der Waals surface area contributed by atoms with E-state index in [0.717, 1.165) is 21.2 Å². The van der Waals surface area contributed by atoms with Crippen LogP contribution in [-0.2, 0) is 11.3 Å². The van der Waals surface area contributed by atoms with Crippen LogP contribution in [-0.4, -0.2) is 11.1 Å². The average molecular weight is 383 g/mol. The van der Waals surface area contributed by atoms with Crippen LogP contribution in [0.25, 0.3) is 11.1 Å². The van der Waals surface area contributed by atoms with Crippen molar-refractivity contribution in [2.24, 2.45) is 0 Å². The first-order valence-corrected chi connectivity index (χ1v) is 8.20. The zero-order valence-electron chi connectivity index (χ0n) is 12.8. The van der Waals surface area contributed by atoms with Crippen LogP contribution in [0.1, 0.15) is 5.56 Å². The number of pyridine rings is 1. The molecule has 4 nitrogen and oxygen atoms in total. The lowest BCUT2D eigenvalue weighted by Crippen LogP contribution is -2.14. The Morgan fingerprint density at radius 3 is 2.54 bits per heavy atom. The molecule has 1 heterocycles. The van der Waals surface area contributed by atoms with E-state index in [2.05, 4.69) is 26.2 Å². The SMILES string of the molecule is O=C(Nc1ccc(-c2cccc(Br)c2)cn1)OCc1ccccc1. The third-order valence-corrected chi connectivity index (χ3v) is 3.86. The van der Waals surface area contributed by atoms with Crippen molar-refractivity contribution in [2.45, 2.75) is 6.61 Å². The van der Waals surface area contributed by atoms with Gasteiger partial charge in [0.1, 0.15) is 12.4 Å². The zero-order chi connectivity index (χ0) is 16.8. The molecule has 0 spiro atoms. The molecular weight excluding hydrogens is 368 g/mol. The number of aromatic nitrogens is 1. The maximum Gasteiger partial charge on any atom is 0.413 e. The Hall–Kier alpha value is -2.66. The molecule has 24 heavy (non-hydrogen) atoms. The second-order valence-electron chi connectivity index (χ2n) is 5.13. The number of halogens is 1. The Morgan fingerprint density at radius 2 is 1.83 bits per heavy atom. The van der Waals surface area contributed by atoms with Gasteiger partial charge in [-0.15, -0.1) is 0 Å². The van der Waals surface area contributed by atoms with Crippen molar-refractivity contribution in [1.82, 2.24) is 4.98 Å². The summed E-state index contributed by atoms with van der Waals surface area (Å²) in [4.78, 5) is 16.1. The van der Waals surface area contributed by atoms with Crippen LogP contribution < -0.4 is 5.32 Å². The number of benzene rings is 2. The third kappa shape index (κ3) is 4.43. The molecule has 0 unspecified atom stereocenters. The van der Waals surface area contributed by atoms with Gasteiger partial charge < -0.3 is 4.74 Å². The van der Waals surface area contributed by atoms with E-state index in [9.17, 15) is 4.79 Å². The lowest BCUT2D eigenvalue weighted by molar-refractivity contribution is 0.155.